The predicted molar refractivity (Wildman–Crippen MR) is 107 cm³/mol. The second-order valence-corrected chi connectivity index (χ2v) is 8.49. The second-order valence-electron chi connectivity index (χ2n) is 8.49. The maximum Gasteiger partial charge on any atom is 0.321 e. The Hall–Kier alpha value is -1.99. The Kier molecular flexibility index (Phi) is 6.05. The number of nitrogens with zero attached hydrogens (tertiary/aromatic N) is 1. The number of anilines is 1. The largest absolute Gasteiger partial charge is 0.497 e. The molecule has 156 valence electrons. The van der Waals surface area contributed by atoms with Crippen LogP contribution in [0.2, 0.25) is 0 Å². The van der Waals surface area contributed by atoms with E-state index in [0.717, 1.165) is 25.7 Å². The molecule has 1 heterocycles. The van der Waals surface area contributed by atoms with Crippen LogP contribution < -0.4 is 14.8 Å². The van der Waals surface area contributed by atoms with Crippen molar-refractivity contribution in [3.63, 3.8) is 0 Å². The summed E-state index contributed by atoms with van der Waals surface area (Å²) < 4.78 is 22.8. The van der Waals surface area contributed by atoms with Gasteiger partial charge in [-0.05, 0) is 25.0 Å². The second kappa shape index (κ2) is 8.17. The number of ether oxygens (including phenoxy) is 4. The molecule has 0 atom stereocenters. The van der Waals surface area contributed by atoms with Crippen molar-refractivity contribution in [1.82, 2.24) is 4.90 Å². The highest BCUT2D eigenvalue weighted by molar-refractivity contribution is 5.91. The van der Waals surface area contributed by atoms with E-state index < -0.39 is 5.79 Å². The number of carbonyl (C=O) groups excluding carboxylic acids is 1. The summed E-state index contributed by atoms with van der Waals surface area (Å²) in [5.41, 5.74) is 0.654. The van der Waals surface area contributed by atoms with Crippen molar-refractivity contribution in [2.24, 2.45) is 5.41 Å². The first-order chi connectivity index (χ1) is 13.3. The summed E-state index contributed by atoms with van der Waals surface area (Å²) in [6.45, 7) is 5.72. The molecule has 0 aromatic heterocycles. The van der Waals surface area contributed by atoms with Crippen LogP contribution in [-0.4, -0.2) is 57.2 Å². The van der Waals surface area contributed by atoms with E-state index in [1.165, 1.54) is 0 Å². The Morgan fingerprint density at radius 1 is 1.14 bits per heavy atom. The fraction of sp³-hybridized carbons (Fsp3) is 0.667. The van der Waals surface area contributed by atoms with Gasteiger partial charge >= 0.3 is 6.03 Å². The lowest BCUT2D eigenvalue weighted by molar-refractivity contribution is -0.312. The molecule has 0 unspecified atom stereocenters. The first-order valence-electron chi connectivity index (χ1n) is 9.81. The summed E-state index contributed by atoms with van der Waals surface area (Å²) in [5, 5.41) is 2.93. The summed E-state index contributed by atoms with van der Waals surface area (Å²) in [5.74, 6) is 0.781. The molecule has 1 aliphatic carbocycles. The summed E-state index contributed by atoms with van der Waals surface area (Å²) >= 11 is 0. The smallest absolute Gasteiger partial charge is 0.321 e. The summed E-state index contributed by atoms with van der Waals surface area (Å²) in [6.07, 6.45) is 3.29. The average Bonchev–Trinajstić information content (AvgIpc) is 2.70. The maximum absolute atomic E-state index is 12.8. The molecule has 2 amide bonds. The van der Waals surface area contributed by atoms with Gasteiger partial charge in [0.1, 0.15) is 11.5 Å². The van der Waals surface area contributed by atoms with E-state index >= 15 is 0 Å². The van der Waals surface area contributed by atoms with E-state index in [1.54, 1.807) is 37.3 Å². The van der Waals surface area contributed by atoms with E-state index in [-0.39, 0.29) is 17.5 Å². The van der Waals surface area contributed by atoms with Gasteiger partial charge in [0, 0.05) is 37.4 Å². The molecule has 2 fully saturated rings. The molecule has 1 aliphatic heterocycles. The van der Waals surface area contributed by atoms with Crippen LogP contribution in [-0.2, 0) is 9.47 Å². The molecular formula is C21H32N2O5. The lowest BCUT2D eigenvalue weighted by Gasteiger charge is -2.47. The highest BCUT2D eigenvalue weighted by Crippen LogP contribution is 2.40. The van der Waals surface area contributed by atoms with E-state index in [0.29, 0.717) is 30.4 Å². The van der Waals surface area contributed by atoms with Crippen LogP contribution in [0.3, 0.4) is 0 Å². The molecule has 1 saturated carbocycles. The number of methoxy groups -OCH3 is 2. The zero-order chi connectivity index (χ0) is 20.4. The number of rotatable bonds is 4. The van der Waals surface area contributed by atoms with Crippen LogP contribution in [0.1, 0.15) is 39.5 Å². The van der Waals surface area contributed by atoms with Gasteiger partial charge in [-0.25, -0.2) is 4.79 Å². The number of hydrogen-bond acceptors (Lipinski definition) is 5. The maximum atomic E-state index is 12.8. The Balaban J connectivity index is 1.58. The van der Waals surface area contributed by atoms with Gasteiger partial charge < -0.3 is 29.2 Å². The molecule has 7 nitrogen and oxygen atoms in total. The van der Waals surface area contributed by atoms with E-state index in [4.69, 9.17) is 18.9 Å². The van der Waals surface area contributed by atoms with Gasteiger partial charge in [-0.3, -0.25) is 0 Å². The standard InChI is InChI=1S/C21H32N2O5/c1-20(2)13-27-21(28-14-20)10-8-15(9-11-21)23(3)19(24)22-17-12-16(25-4)6-7-18(17)26-5/h6-7,12,15H,8-11,13-14H2,1-5H3,(H,22,24). The number of nitrogens with one attached hydrogen (secondary N) is 1. The number of carbonyl (C=O) groups is 1. The average molecular weight is 392 g/mol. The number of benzene rings is 1. The topological polar surface area (TPSA) is 69.3 Å². The monoisotopic (exact) mass is 392 g/mol. The SMILES string of the molecule is COc1ccc(OC)c(NC(=O)N(C)C2CCC3(CC2)OCC(C)(C)CO3)c1. The lowest BCUT2D eigenvalue weighted by atomic mass is 9.86. The van der Waals surface area contributed by atoms with Crippen LogP contribution in [0.4, 0.5) is 10.5 Å². The molecule has 1 spiro atoms. The third-order valence-electron chi connectivity index (χ3n) is 5.69. The lowest BCUT2D eigenvalue weighted by Crippen LogP contribution is -2.52. The number of amides is 2. The quantitative estimate of drug-likeness (QED) is 0.842. The van der Waals surface area contributed by atoms with Gasteiger partial charge in [0.05, 0.1) is 33.1 Å². The van der Waals surface area contributed by atoms with Crippen molar-refractivity contribution < 1.29 is 23.7 Å². The third-order valence-corrected chi connectivity index (χ3v) is 5.69. The zero-order valence-electron chi connectivity index (χ0n) is 17.5. The third kappa shape index (κ3) is 4.52. The van der Waals surface area contributed by atoms with Crippen LogP contribution in [0.5, 0.6) is 11.5 Å². The van der Waals surface area contributed by atoms with Gasteiger partial charge in [0.15, 0.2) is 5.79 Å². The number of urea groups is 1. The summed E-state index contributed by atoms with van der Waals surface area (Å²) in [7, 11) is 5.00. The minimum atomic E-state index is -0.473. The van der Waals surface area contributed by atoms with Crippen LogP contribution in [0.15, 0.2) is 18.2 Å². The molecular weight excluding hydrogens is 360 g/mol. The molecule has 1 aromatic rings. The molecule has 1 aromatic carbocycles. The van der Waals surface area contributed by atoms with E-state index in [9.17, 15) is 4.79 Å². The first-order valence-corrected chi connectivity index (χ1v) is 9.81. The zero-order valence-corrected chi connectivity index (χ0v) is 17.5. The van der Waals surface area contributed by atoms with Crippen molar-refractivity contribution in [3.05, 3.63) is 18.2 Å². The van der Waals surface area contributed by atoms with Gasteiger partial charge in [-0.1, -0.05) is 13.8 Å². The van der Waals surface area contributed by atoms with Gasteiger partial charge in [0.2, 0.25) is 0 Å². The highest BCUT2D eigenvalue weighted by Gasteiger charge is 2.44. The predicted octanol–water partition coefficient (Wildman–Crippen LogP) is 3.88. The van der Waals surface area contributed by atoms with E-state index in [2.05, 4.69) is 19.2 Å². The van der Waals surface area contributed by atoms with Crippen LogP contribution in [0.25, 0.3) is 0 Å². The summed E-state index contributed by atoms with van der Waals surface area (Å²) in [4.78, 5) is 14.6. The molecule has 0 bridgehead atoms. The van der Waals surface area contributed by atoms with Gasteiger partial charge in [-0.2, -0.15) is 0 Å². The molecule has 28 heavy (non-hydrogen) atoms. The van der Waals surface area contributed by atoms with Gasteiger partial charge in [-0.15, -0.1) is 0 Å². The minimum absolute atomic E-state index is 0.0641. The fourth-order valence-electron chi connectivity index (χ4n) is 3.74. The molecule has 2 aliphatic rings. The number of hydrogen-bond donors (Lipinski definition) is 1. The molecule has 0 radical (unpaired) electrons. The van der Waals surface area contributed by atoms with Crippen molar-refractivity contribution in [2.75, 3.05) is 39.8 Å². The molecule has 1 saturated heterocycles. The normalized spacial score (nSPS) is 21.2. The van der Waals surface area contributed by atoms with Gasteiger partial charge in [0.25, 0.3) is 0 Å². The molecule has 1 N–H and O–H groups in total. The van der Waals surface area contributed by atoms with Crippen LogP contribution >= 0.6 is 0 Å². The Morgan fingerprint density at radius 3 is 2.36 bits per heavy atom. The summed E-state index contributed by atoms with van der Waals surface area (Å²) in [6, 6.07) is 5.30. The van der Waals surface area contributed by atoms with Crippen molar-refractivity contribution in [1.29, 1.82) is 0 Å². The van der Waals surface area contributed by atoms with Crippen molar-refractivity contribution in [2.45, 2.75) is 51.4 Å². The highest BCUT2D eigenvalue weighted by atomic mass is 16.7. The Morgan fingerprint density at radius 2 is 1.79 bits per heavy atom. The Labute approximate surface area is 167 Å². The Bertz CT molecular complexity index is 686. The fourth-order valence-corrected chi connectivity index (χ4v) is 3.74. The van der Waals surface area contributed by atoms with E-state index in [1.807, 2.05) is 7.05 Å². The van der Waals surface area contributed by atoms with Crippen molar-refractivity contribution in [3.8, 4) is 11.5 Å². The van der Waals surface area contributed by atoms with Crippen LogP contribution in [0, 0.1) is 5.41 Å². The van der Waals surface area contributed by atoms with Crippen molar-refractivity contribution >= 4 is 11.7 Å². The molecule has 7 heteroatoms. The minimum Gasteiger partial charge on any atom is -0.497 e. The molecule has 3 rings (SSSR count). The first kappa shape index (κ1) is 20.7.